The predicted molar refractivity (Wildman–Crippen MR) is 238 cm³/mol. The Balaban J connectivity index is 1.54. The van der Waals surface area contributed by atoms with Crippen molar-refractivity contribution < 1.29 is 47.0 Å². The molecule has 0 saturated carbocycles. The molecule has 15 nitrogen and oxygen atoms in total. The largest absolute Gasteiger partial charge is 0.444 e. The summed E-state index contributed by atoms with van der Waals surface area (Å²) < 4.78 is 40.9. The van der Waals surface area contributed by atoms with Crippen molar-refractivity contribution in [1.29, 1.82) is 0 Å². The van der Waals surface area contributed by atoms with Crippen LogP contribution >= 0.6 is 0 Å². The first-order valence-electron chi connectivity index (χ1n) is 22.3. The van der Waals surface area contributed by atoms with Gasteiger partial charge in [0.05, 0.1) is 12.0 Å². The van der Waals surface area contributed by atoms with Gasteiger partial charge in [0.1, 0.15) is 35.4 Å². The Bertz CT molecular complexity index is 1880. The van der Waals surface area contributed by atoms with Crippen LogP contribution in [0.4, 0.5) is 18.4 Å². The van der Waals surface area contributed by atoms with E-state index in [4.69, 9.17) is 9.47 Å². The Hall–Kier alpha value is -5.32. The zero-order valence-electron chi connectivity index (χ0n) is 38.6. The standard InChI is InChI=1S/C47H69F2N7O8/c1-31(2)25-35(38(57)52-34(21-15-16-23-51-42(61)63-44(3,4)5)41(60)56-29-46(30-56)22-24-50-28-47(46,48)49)53-39(58)36(26-32-17-11-9-12-18-32)54-40(59)37(27-33-19-13-10-14-20-33)55-43(62)64-45(6,7)8/h9-14,17-20,31,34-37,50H,15-16,21-30H2,1-8H3,(H,51,61)(H,52,57)(H,53,58)(H,54,59)(H,55,62)/t34-,35-,36-,37-/m1/s1. The summed E-state index contributed by atoms with van der Waals surface area (Å²) in [6, 6.07) is 13.4. The van der Waals surface area contributed by atoms with E-state index in [2.05, 4.69) is 31.9 Å². The summed E-state index contributed by atoms with van der Waals surface area (Å²) in [6.07, 6.45) is -0.00299. The van der Waals surface area contributed by atoms with E-state index in [0.717, 1.165) is 5.56 Å². The van der Waals surface area contributed by atoms with Gasteiger partial charge in [0.25, 0.3) is 5.92 Å². The van der Waals surface area contributed by atoms with Gasteiger partial charge in [-0.05, 0) is 97.2 Å². The summed E-state index contributed by atoms with van der Waals surface area (Å²) in [5.74, 6) is -5.64. The first-order valence-corrected chi connectivity index (χ1v) is 22.3. The molecule has 6 N–H and O–H groups in total. The van der Waals surface area contributed by atoms with Gasteiger partial charge in [-0.15, -0.1) is 0 Å². The third-order valence-corrected chi connectivity index (χ3v) is 11.0. The first-order chi connectivity index (χ1) is 30.0. The Labute approximate surface area is 376 Å². The van der Waals surface area contributed by atoms with E-state index >= 15 is 8.78 Å². The summed E-state index contributed by atoms with van der Waals surface area (Å²) in [6.45, 7) is 13.9. The van der Waals surface area contributed by atoms with Crippen LogP contribution in [-0.2, 0) is 41.5 Å². The van der Waals surface area contributed by atoms with Crippen molar-refractivity contribution in [2.75, 3.05) is 32.7 Å². The molecule has 354 valence electrons. The molecule has 2 saturated heterocycles. The quantitative estimate of drug-likeness (QED) is 0.105. The van der Waals surface area contributed by atoms with Gasteiger partial charge in [-0.1, -0.05) is 74.5 Å². The van der Waals surface area contributed by atoms with Crippen LogP contribution < -0.4 is 31.9 Å². The molecule has 4 rings (SSSR count). The normalized spacial score (nSPS) is 17.5. The summed E-state index contributed by atoms with van der Waals surface area (Å²) in [5.41, 5.74) is -1.43. The van der Waals surface area contributed by atoms with Crippen LogP contribution in [0.2, 0.25) is 0 Å². The molecule has 64 heavy (non-hydrogen) atoms. The molecule has 0 aliphatic carbocycles. The molecule has 2 fully saturated rings. The van der Waals surface area contributed by atoms with Crippen LogP contribution in [0.5, 0.6) is 0 Å². The van der Waals surface area contributed by atoms with Crippen molar-refractivity contribution >= 4 is 35.8 Å². The number of rotatable bonds is 19. The fourth-order valence-corrected chi connectivity index (χ4v) is 7.72. The molecule has 2 aliphatic rings. The predicted octanol–water partition coefficient (Wildman–Crippen LogP) is 5.02. The molecule has 17 heteroatoms. The highest BCUT2D eigenvalue weighted by Gasteiger charge is 2.62. The highest BCUT2D eigenvalue weighted by atomic mass is 19.3. The smallest absolute Gasteiger partial charge is 0.408 e. The second-order valence-corrected chi connectivity index (χ2v) is 19.4. The number of hydrogen-bond acceptors (Lipinski definition) is 9. The average molecular weight is 898 g/mol. The Kier molecular flexibility index (Phi) is 18.1. The molecule has 0 radical (unpaired) electrons. The van der Waals surface area contributed by atoms with Gasteiger partial charge in [-0.3, -0.25) is 19.2 Å². The van der Waals surface area contributed by atoms with Crippen LogP contribution in [0.25, 0.3) is 0 Å². The van der Waals surface area contributed by atoms with E-state index in [9.17, 15) is 28.8 Å². The Morgan fingerprint density at radius 2 is 1.17 bits per heavy atom. The van der Waals surface area contributed by atoms with Gasteiger partial charge in [-0.25, -0.2) is 18.4 Å². The number of carbonyl (C=O) groups excluding carboxylic acids is 6. The fraction of sp³-hybridized carbons (Fsp3) is 0.617. The summed E-state index contributed by atoms with van der Waals surface area (Å²) in [4.78, 5) is 83.3. The molecule has 2 aromatic rings. The van der Waals surface area contributed by atoms with Crippen molar-refractivity contribution in [3.05, 3.63) is 71.8 Å². The Morgan fingerprint density at radius 1 is 0.688 bits per heavy atom. The molecule has 2 heterocycles. The lowest BCUT2D eigenvalue weighted by molar-refractivity contribution is -0.206. The summed E-state index contributed by atoms with van der Waals surface area (Å²) >= 11 is 0. The van der Waals surface area contributed by atoms with Crippen LogP contribution in [0.15, 0.2) is 60.7 Å². The number of piperidine rings is 1. The number of alkyl carbamates (subject to hydrolysis) is 2. The number of nitrogens with one attached hydrogen (secondary N) is 6. The molecule has 0 aromatic heterocycles. The van der Waals surface area contributed by atoms with Gasteiger partial charge in [0.2, 0.25) is 23.6 Å². The van der Waals surface area contributed by atoms with E-state index in [0.29, 0.717) is 24.9 Å². The molecule has 2 aliphatic heterocycles. The lowest BCUT2D eigenvalue weighted by atomic mass is 9.69. The highest BCUT2D eigenvalue weighted by molar-refractivity contribution is 5.95. The topological polar surface area (TPSA) is 196 Å². The summed E-state index contributed by atoms with van der Waals surface area (Å²) in [5, 5.41) is 16.5. The van der Waals surface area contributed by atoms with Crippen molar-refractivity contribution in [3.8, 4) is 0 Å². The van der Waals surface area contributed by atoms with Crippen molar-refractivity contribution in [1.82, 2.24) is 36.8 Å². The average Bonchev–Trinajstić information content (AvgIpc) is 3.17. The molecule has 6 amide bonds. The lowest BCUT2D eigenvalue weighted by Crippen LogP contribution is -2.72. The monoisotopic (exact) mass is 898 g/mol. The number of benzene rings is 2. The zero-order valence-corrected chi connectivity index (χ0v) is 38.6. The number of nitrogens with zero attached hydrogens (tertiary/aromatic N) is 1. The van der Waals surface area contributed by atoms with Crippen LogP contribution in [-0.4, -0.2) is 115 Å². The SMILES string of the molecule is CC(C)C[C@@H](NC(=O)[C@@H](Cc1ccccc1)NC(=O)[C@@H](Cc1ccccc1)NC(=O)OC(C)(C)C)C(=O)N[C@H](CCCCNC(=O)OC(C)(C)C)C(=O)N1CC2(CCNCC2(F)F)C1. The molecular weight excluding hydrogens is 829 g/mol. The van der Waals surface area contributed by atoms with E-state index < -0.39 is 89.1 Å². The number of ether oxygens (including phenoxy) is 2. The maximum Gasteiger partial charge on any atom is 0.408 e. The van der Waals surface area contributed by atoms with Gasteiger partial charge < -0.3 is 46.3 Å². The number of halogens is 2. The molecule has 1 spiro atoms. The van der Waals surface area contributed by atoms with E-state index in [1.165, 1.54) is 4.90 Å². The molecule has 0 unspecified atom stereocenters. The summed E-state index contributed by atoms with van der Waals surface area (Å²) in [7, 11) is 0. The minimum absolute atomic E-state index is 0.0359. The number of unbranched alkanes of at least 4 members (excludes halogenated alkanes) is 1. The molecule has 2 aromatic carbocycles. The van der Waals surface area contributed by atoms with Gasteiger partial charge >= 0.3 is 12.2 Å². The molecular formula is C47H69F2N7O8. The number of hydrogen-bond donors (Lipinski definition) is 6. The third-order valence-electron chi connectivity index (χ3n) is 11.0. The van der Waals surface area contributed by atoms with Gasteiger partial charge in [0, 0.05) is 32.5 Å². The second kappa shape index (κ2) is 22.5. The minimum atomic E-state index is -3.01. The third kappa shape index (κ3) is 16.0. The Morgan fingerprint density at radius 3 is 1.69 bits per heavy atom. The maximum absolute atomic E-state index is 15.1. The van der Waals surface area contributed by atoms with Crippen molar-refractivity contribution in [2.45, 2.75) is 142 Å². The minimum Gasteiger partial charge on any atom is -0.444 e. The van der Waals surface area contributed by atoms with Gasteiger partial charge in [0.15, 0.2) is 0 Å². The number of amides is 6. The fourth-order valence-electron chi connectivity index (χ4n) is 7.72. The number of likely N-dealkylation sites (tertiary alicyclic amines) is 1. The van der Waals surface area contributed by atoms with Gasteiger partial charge in [-0.2, -0.15) is 0 Å². The van der Waals surface area contributed by atoms with E-state index in [-0.39, 0.29) is 57.7 Å². The first kappa shape index (κ1) is 51.3. The van der Waals surface area contributed by atoms with E-state index in [1.807, 2.05) is 38.1 Å². The van der Waals surface area contributed by atoms with Crippen LogP contribution in [0.3, 0.4) is 0 Å². The molecule has 0 bridgehead atoms. The van der Waals surface area contributed by atoms with Crippen LogP contribution in [0.1, 0.15) is 98.6 Å². The zero-order chi connectivity index (χ0) is 47.3. The number of carbonyl (C=O) groups is 6. The number of alkyl halides is 2. The lowest BCUT2D eigenvalue weighted by Gasteiger charge is -2.56. The second-order valence-electron chi connectivity index (χ2n) is 19.4. The van der Waals surface area contributed by atoms with Crippen molar-refractivity contribution in [2.24, 2.45) is 11.3 Å². The van der Waals surface area contributed by atoms with E-state index in [1.54, 1.807) is 77.9 Å². The highest BCUT2D eigenvalue weighted by Crippen LogP contribution is 2.48. The molecule has 4 atom stereocenters. The van der Waals surface area contributed by atoms with Crippen molar-refractivity contribution in [3.63, 3.8) is 0 Å². The maximum atomic E-state index is 15.1. The van der Waals surface area contributed by atoms with Crippen LogP contribution in [0, 0.1) is 11.3 Å².